The van der Waals surface area contributed by atoms with Crippen LogP contribution in [0.5, 0.6) is 0 Å². The molecule has 4 rings (SSSR count). The summed E-state index contributed by atoms with van der Waals surface area (Å²) in [7, 11) is 0. The minimum absolute atomic E-state index is 0.374. The van der Waals surface area contributed by atoms with Gasteiger partial charge in [0, 0.05) is 19.1 Å². The van der Waals surface area contributed by atoms with E-state index in [9.17, 15) is 5.11 Å². The number of hydrogen-bond acceptors (Lipinski definition) is 2. The lowest BCUT2D eigenvalue weighted by atomic mass is 9.90. The van der Waals surface area contributed by atoms with Crippen molar-refractivity contribution in [2.75, 3.05) is 6.54 Å². The molecule has 1 N–H and O–H groups in total. The molecule has 0 heterocycles. The second-order valence-electron chi connectivity index (χ2n) is 8.30. The van der Waals surface area contributed by atoms with Crippen molar-refractivity contribution in [3.05, 3.63) is 69.8 Å². The summed E-state index contributed by atoms with van der Waals surface area (Å²) in [4.78, 5) is 2.41. The number of hydrogen-bond donors (Lipinski definition) is 1. The number of rotatable bonds is 6. The average molecular weight is 350 g/mol. The van der Waals surface area contributed by atoms with E-state index in [4.69, 9.17) is 0 Å². The van der Waals surface area contributed by atoms with Gasteiger partial charge in [-0.2, -0.15) is 0 Å². The first-order valence-electron chi connectivity index (χ1n) is 10.3. The maximum absolute atomic E-state index is 11.3. The molecule has 2 aliphatic carbocycles. The molecule has 26 heavy (non-hydrogen) atoms. The van der Waals surface area contributed by atoms with Crippen LogP contribution in [0.2, 0.25) is 0 Å². The number of fused-ring (bicyclic) bond motifs is 2. The van der Waals surface area contributed by atoms with Crippen LogP contribution in [0.4, 0.5) is 0 Å². The van der Waals surface area contributed by atoms with E-state index < -0.39 is 0 Å². The van der Waals surface area contributed by atoms with Crippen LogP contribution >= 0.6 is 0 Å². The summed E-state index contributed by atoms with van der Waals surface area (Å²) in [6.45, 7) is 6.08. The fourth-order valence-electron chi connectivity index (χ4n) is 4.85. The first-order chi connectivity index (χ1) is 12.6. The quantitative estimate of drug-likeness (QED) is 0.823. The SMILES string of the molecule is CC(C)N(Cc1ccccc1)CC(O)c1c2c(cc3c1CCC3)CCC2. The second-order valence-corrected chi connectivity index (χ2v) is 8.30. The third-order valence-corrected chi connectivity index (χ3v) is 6.22. The van der Waals surface area contributed by atoms with E-state index in [1.165, 1.54) is 59.1 Å². The van der Waals surface area contributed by atoms with E-state index in [0.717, 1.165) is 25.9 Å². The largest absolute Gasteiger partial charge is 0.387 e. The zero-order valence-corrected chi connectivity index (χ0v) is 16.2. The van der Waals surface area contributed by atoms with Gasteiger partial charge < -0.3 is 5.11 Å². The van der Waals surface area contributed by atoms with E-state index in [-0.39, 0.29) is 6.10 Å². The van der Waals surface area contributed by atoms with E-state index in [2.05, 4.69) is 55.1 Å². The van der Waals surface area contributed by atoms with Gasteiger partial charge in [-0.05, 0) is 85.8 Å². The Morgan fingerprint density at radius 2 is 1.54 bits per heavy atom. The van der Waals surface area contributed by atoms with E-state index >= 15 is 0 Å². The molecule has 0 saturated carbocycles. The molecule has 1 atom stereocenters. The monoisotopic (exact) mass is 349 g/mol. The Balaban J connectivity index is 1.60. The second kappa shape index (κ2) is 7.54. The molecular formula is C24H31NO. The fourth-order valence-corrected chi connectivity index (χ4v) is 4.85. The van der Waals surface area contributed by atoms with Crippen molar-refractivity contribution in [2.24, 2.45) is 0 Å². The standard InChI is InChI=1S/C24H31NO/c1-17(2)25(15-18-8-4-3-5-9-18)16-23(26)24-21-12-6-10-19(21)14-20-11-7-13-22(20)24/h3-5,8-9,14,17,23,26H,6-7,10-13,15-16H2,1-2H3. The lowest BCUT2D eigenvalue weighted by Crippen LogP contribution is -2.34. The lowest BCUT2D eigenvalue weighted by molar-refractivity contribution is 0.0897. The van der Waals surface area contributed by atoms with Gasteiger partial charge in [-0.15, -0.1) is 0 Å². The third kappa shape index (κ3) is 3.45. The van der Waals surface area contributed by atoms with Crippen LogP contribution in [0.3, 0.4) is 0 Å². The third-order valence-electron chi connectivity index (χ3n) is 6.22. The number of aliphatic hydroxyl groups excluding tert-OH is 1. The number of benzene rings is 2. The van der Waals surface area contributed by atoms with Crippen molar-refractivity contribution in [3.63, 3.8) is 0 Å². The van der Waals surface area contributed by atoms with Crippen LogP contribution in [0.15, 0.2) is 36.4 Å². The molecule has 2 aromatic carbocycles. The van der Waals surface area contributed by atoms with Gasteiger partial charge >= 0.3 is 0 Å². The van der Waals surface area contributed by atoms with Crippen molar-refractivity contribution in [1.82, 2.24) is 4.90 Å². The summed E-state index contributed by atoms with van der Waals surface area (Å²) < 4.78 is 0. The molecule has 2 nitrogen and oxygen atoms in total. The van der Waals surface area contributed by atoms with Crippen LogP contribution in [0.25, 0.3) is 0 Å². The zero-order valence-electron chi connectivity index (χ0n) is 16.2. The van der Waals surface area contributed by atoms with E-state index in [1.807, 2.05) is 0 Å². The molecule has 0 amide bonds. The molecule has 0 radical (unpaired) electrons. The van der Waals surface area contributed by atoms with Gasteiger partial charge in [0.05, 0.1) is 6.10 Å². The van der Waals surface area contributed by atoms with Gasteiger partial charge in [-0.25, -0.2) is 0 Å². The predicted molar refractivity (Wildman–Crippen MR) is 107 cm³/mol. The summed E-state index contributed by atoms with van der Waals surface area (Å²) >= 11 is 0. The maximum atomic E-state index is 11.3. The van der Waals surface area contributed by atoms with Gasteiger partial charge in [0.25, 0.3) is 0 Å². The molecule has 0 spiro atoms. The molecule has 2 heteroatoms. The number of nitrogens with zero attached hydrogens (tertiary/aromatic N) is 1. The first kappa shape index (κ1) is 17.8. The number of aliphatic hydroxyl groups is 1. The normalized spacial score (nSPS) is 17.0. The highest BCUT2D eigenvalue weighted by Crippen LogP contribution is 2.38. The van der Waals surface area contributed by atoms with E-state index in [0.29, 0.717) is 6.04 Å². The summed E-state index contributed by atoms with van der Waals surface area (Å²) in [5.74, 6) is 0. The summed E-state index contributed by atoms with van der Waals surface area (Å²) in [5.41, 5.74) is 8.59. The van der Waals surface area contributed by atoms with Crippen molar-refractivity contribution < 1.29 is 5.11 Å². The van der Waals surface area contributed by atoms with Crippen LogP contribution < -0.4 is 0 Å². The maximum Gasteiger partial charge on any atom is 0.0922 e. The predicted octanol–water partition coefficient (Wildman–Crippen LogP) is 4.61. The molecule has 0 aromatic heterocycles. The Labute approximate surface area is 157 Å². The molecule has 1 unspecified atom stereocenters. The van der Waals surface area contributed by atoms with Crippen molar-refractivity contribution in [2.45, 2.75) is 71.1 Å². The molecule has 0 fully saturated rings. The molecular weight excluding hydrogens is 318 g/mol. The number of aryl methyl sites for hydroxylation is 2. The van der Waals surface area contributed by atoms with Gasteiger partial charge in [0.2, 0.25) is 0 Å². The van der Waals surface area contributed by atoms with Gasteiger partial charge in [0.15, 0.2) is 0 Å². The van der Waals surface area contributed by atoms with Crippen LogP contribution in [0.1, 0.15) is 66.2 Å². The highest BCUT2D eigenvalue weighted by Gasteiger charge is 2.28. The van der Waals surface area contributed by atoms with Crippen LogP contribution in [-0.4, -0.2) is 22.6 Å². The molecule has 0 bridgehead atoms. The Hall–Kier alpha value is -1.64. The Morgan fingerprint density at radius 1 is 0.923 bits per heavy atom. The van der Waals surface area contributed by atoms with E-state index in [1.54, 1.807) is 0 Å². The minimum atomic E-state index is -0.374. The summed E-state index contributed by atoms with van der Waals surface area (Å²) in [6.07, 6.45) is 6.80. The van der Waals surface area contributed by atoms with Crippen molar-refractivity contribution >= 4 is 0 Å². The topological polar surface area (TPSA) is 23.5 Å². The highest BCUT2D eigenvalue weighted by atomic mass is 16.3. The Kier molecular flexibility index (Phi) is 5.15. The van der Waals surface area contributed by atoms with Crippen molar-refractivity contribution in [3.8, 4) is 0 Å². The molecule has 138 valence electrons. The molecule has 2 aromatic rings. The fraction of sp³-hybridized carbons (Fsp3) is 0.500. The summed E-state index contributed by atoms with van der Waals surface area (Å²) in [5, 5.41) is 11.3. The molecule has 0 aliphatic heterocycles. The zero-order chi connectivity index (χ0) is 18.1. The van der Waals surface area contributed by atoms with Crippen LogP contribution in [0, 0.1) is 0 Å². The van der Waals surface area contributed by atoms with Crippen molar-refractivity contribution in [1.29, 1.82) is 0 Å². The molecule has 2 aliphatic rings. The average Bonchev–Trinajstić information content (AvgIpc) is 3.28. The van der Waals surface area contributed by atoms with Gasteiger partial charge in [-0.1, -0.05) is 36.4 Å². The Bertz CT molecular complexity index is 733. The minimum Gasteiger partial charge on any atom is -0.387 e. The first-order valence-corrected chi connectivity index (χ1v) is 10.3. The Morgan fingerprint density at radius 3 is 2.12 bits per heavy atom. The lowest BCUT2D eigenvalue weighted by Gasteiger charge is -2.30. The van der Waals surface area contributed by atoms with Crippen LogP contribution in [-0.2, 0) is 32.2 Å². The molecule has 0 saturated heterocycles. The smallest absolute Gasteiger partial charge is 0.0922 e. The highest BCUT2D eigenvalue weighted by molar-refractivity contribution is 5.51. The van der Waals surface area contributed by atoms with Gasteiger partial charge in [0.1, 0.15) is 0 Å². The summed E-state index contributed by atoms with van der Waals surface area (Å²) in [6, 6.07) is 13.5. The van der Waals surface area contributed by atoms with Gasteiger partial charge in [-0.3, -0.25) is 4.90 Å².